The van der Waals surface area contributed by atoms with E-state index in [1.54, 1.807) is 0 Å². The number of benzene rings is 8. The average Bonchev–Trinajstić information content (AvgIpc) is 4.00. The molecule has 0 amide bonds. The molecule has 8 aromatic carbocycles. The van der Waals surface area contributed by atoms with Gasteiger partial charge in [0.2, 0.25) is 12.2 Å². The lowest BCUT2D eigenvalue weighted by Gasteiger charge is -2.26. The lowest BCUT2D eigenvalue weighted by molar-refractivity contribution is 0.240. The smallest absolute Gasteiger partial charge is 0.238 e. The molecule has 63 heavy (non-hydrogen) atoms. The van der Waals surface area contributed by atoms with Gasteiger partial charge in [-0.3, -0.25) is 9.47 Å². The van der Waals surface area contributed by atoms with Crippen LogP contribution in [-0.4, -0.2) is 32.2 Å². The van der Waals surface area contributed by atoms with Crippen molar-refractivity contribution in [3.8, 4) is 40.2 Å². The van der Waals surface area contributed by atoms with Crippen LogP contribution in [0.3, 0.4) is 0 Å². The molecule has 0 radical (unpaired) electrons. The topological polar surface area (TPSA) is 61.0 Å². The van der Waals surface area contributed by atoms with Crippen molar-refractivity contribution >= 4 is 68.2 Å². The monoisotopic (exact) mass is 830 g/mol. The SMILES string of the molecule is C[Si](C)(C)c1ccccc1-c1nc(-c2ccccc2)nc(-n2c3ccc(N4c5ccccc5OC4c4ccccc4)cc3c3c2ccc2c4ccccc4n(-c4ccccc4)c23)n1. The van der Waals surface area contributed by atoms with Crippen LogP contribution in [0.5, 0.6) is 5.75 Å². The highest BCUT2D eigenvalue weighted by molar-refractivity contribution is 6.89. The number of ether oxygens (including phenoxy) is 1. The minimum absolute atomic E-state index is 0.351. The Balaban J connectivity index is 1.21. The van der Waals surface area contributed by atoms with E-state index in [4.69, 9.17) is 19.7 Å². The lowest BCUT2D eigenvalue weighted by Crippen LogP contribution is -2.39. The molecule has 11 aromatic rings. The molecule has 7 nitrogen and oxygen atoms in total. The molecule has 1 aliphatic heterocycles. The first-order valence-electron chi connectivity index (χ1n) is 21.5. The Morgan fingerprint density at radius 2 is 1.14 bits per heavy atom. The minimum Gasteiger partial charge on any atom is -0.464 e. The molecule has 0 N–H and O–H groups in total. The largest absolute Gasteiger partial charge is 0.464 e. The summed E-state index contributed by atoms with van der Waals surface area (Å²) in [5.74, 6) is 2.71. The first-order valence-corrected chi connectivity index (χ1v) is 25.0. The summed E-state index contributed by atoms with van der Waals surface area (Å²) in [5, 5.41) is 5.87. The summed E-state index contributed by atoms with van der Waals surface area (Å²) in [7, 11) is -1.81. The predicted molar refractivity (Wildman–Crippen MR) is 261 cm³/mol. The van der Waals surface area contributed by atoms with Crippen molar-refractivity contribution in [1.82, 2.24) is 24.1 Å². The Kier molecular flexibility index (Phi) is 8.45. The number of aromatic nitrogens is 5. The van der Waals surface area contributed by atoms with Gasteiger partial charge in [0.15, 0.2) is 11.6 Å². The maximum atomic E-state index is 6.76. The van der Waals surface area contributed by atoms with Gasteiger partial charge in [0.05, 0.1) is 35.8 Å². The molecule has 12 rings (SSSR count). The quantitative estimate of drug-likeness (QED) is 0.150. The zero-order valence-electron chi connectivity index (χ0n) is 35.1. The van der Waals surface area contributed by atoms with Crippen LogP contribution < -0.4 is 14.8 Å². The molecular formula is C55H42N6OSi. The normalized spacial score (nSPS) is 13.9. The number of hydrogen-bond acceptors (Lipinski definition) is 5. The number of anilines is 2. The fourth-order valence-electron chi connectivity index (χ4n) is 9.56. The van der Waals surface area contributed by atoms with E-state index < -0.39 is 8.07 Å². The first-order chi connectivity index (χ1) is 30.9. The lowest BCUT2D eigenvalue weighted by atomic mass is 10.1. The first kappa shape index (κ1) is 37.0. The van der Waals surface area contributed by atoms with E-state index in [0.717, 1.165) is 72.3 Å². The number of fused-ring (bicyclic) bond motifs is 8. The number of hydrogen-bond donors (Lipinski definition) is 0. The molecule has 0 saturated heterocycles. The second kappa shape index (κ2) is 14.4. The van der Waals surface area contributed by atoms with Gasteiger partial charge >= 0.3 is 0 Å². The van der Waals surface area contributed by atoms with E-state index in [2.05, 4.69) is 197 Å². The summed E-state index contributed by atoms with van der Waals surface area (Å²) in [4.78, 5) is 18.4. The predicted octanol–water partition coefficient (Wildman–Crippen LogP) is 13.2. The maximum Gasteiger partial charge on any atom is 0.238 e. The molecule has 0 saturated carbocycles. The van der Waals surface area contributed by atoms with Crippen molar-refractivity contribution in [3.05, 3.63) is 200 Å². The van der Waals surface area contributed by atoms with E-state index in [-0.39, 0.29) is 6.23 Å². The Labute approximate surface area is 366 Å². The van der Waals surface area contributed by atoms with Crippen molar-refractivity contribution < 1.29 is 4.74 Å². The van der Waals surface area contributed by atoms with E-state index >= 15 is 0 Å². The van der Waals surface area contributed by atoms with Crippen LogP contribution in [0.4, 0.5) is 11.4 Å². The highest BCUT2D eigenvalue weighted by Gasteiger charge is 2.34. The Morgan fingerprint density at radius 1 is 0.492 bits per heavy atom. The molecule has 1 atom stereocenters. The van der Waals surface area contributed by atoms with Gasteiger partial charge in [-0.2, -0.15) is 9.97 Å². The maximum absolute atomic E-state index is 6.76. The molecule has 3 aromatic heterocycles. The van der Waals surface area contributed by atoms with Gasteiger partial charge in [-0.1, -0.05) is 159 Å². The van der Waals surface area contributed by atoms with Gasteiger partial charge in [0.1, 0.15) is 5.75 Å². The summed E-state index contributed by atoms with van der Waals surface area (Å²) >= 11 is 0. The van der Waals surface area contributed by atoms with Gasteiger partial charge in [0.25, 0.3) is 0 Å². The van der Waals surface area contributed by atoms with Gasteiger partial charge < -0.3 is 9.30 Å². The molecule has 8 heteroatoms. The van der Waals surface area contributed by atoms with E-state index in [1.165, 1.54) is 16.0 Å². The second-order valence-corrected chi connectivity index (χ2v) is 22.3. The Bertz CT molecular complexity index is 3540. The molecule has 0 aliphatic carbocycles. The second-order valence-electron chi connectivity index (χ2n) is 17.2. The fraction of sp³-hybridized carbons (Fsp3) is 0.0727. The summed E-state index contributed by atoms with van der Waals surface area (Å²) in [6.07, 6.45) is -0.351. The third kappa shape index (κ3) is 5.97. The number of nitrogens with zero attached hydrogens (tertiary/aromatic N) is 6. The summed E-state index contributed by atoms with van der Waals surface area (Å²) in [6.45, 7) is 7.12. The van der Waals surface area contributed by atoms with E-state index in [1.807, 2.05) is 30.3 Å². The highest BCUT2D eigenvalue weighted by Crippen LogP contribution is 2.50. The summed E-state index contributed by atoms with van der Waals surface area (Å²) in [6, 6.07) is 68.4. The van der Waals surface area contributed by atoms with Crippen LogP contribution in [0.1, 0.15) is 11.8 Å². The van der Waals surface area contributed by atoms with Crippen LogP contribution >= 0.6 is 0 Å². The fourth-order valence-corrected chi connectivity index (χ4v) is 11.2. The van der Waals surface area contributed by atoms with E-state index in [9.17, 15) is 0 Å². The molecule has 0 spiro atoms. The zero-order valence-corrected chi connectivity index (χ0v) is 36.1. The zero-order chi connectivity index (χ0) is 42.2. The third-order valence-corrected chi connectivity index (χ3v) is 14.4. The molecule has 0 bridgehead atoms. The molecular weight excluding hydrogens is 789 g/mol. The van der Waals surface area contributed by atoms with Crippen LogP contribution in [0.25, 0.3) is 78.0 Å². The van der Waals surface area contributed by atoms with Crippen LogP contribution in [0.15, 0.2) is 194 Å². The van der Waals surface area contributed by atoms with Crippen molar-refractivity contribution in [1.29, 1.82) is 0 Å². The average molecular weight is 831 g/mol. The molecule has 1 aliphatic rings. The van der Waals surface area contributed by atoms with Crippen molar-refractivity contribution in [2.75, 3.05) is 4.90 Å². The van der Waals surface area contributed by atoms with Gasteiger partial charge in [-0.25, -0.2) is 4.98 Å². The Morgan fingerprint density at radius 3 is 1.95 bits per heavy atom. The van der Waals surface area contributed by atoms with Crippen LogP contribution in [0, 0.1) is 0 Å². The highest BCUT2D eigenvalue weighted by atomic mass is 28.3. The summed E-state index contributed by atoms with van der Waals surface area (Å²) < 4.78 is 11.4. The molecule has 1 unspecified atom stereocenters. The number of rotatable bonds is 7. The van der Waals surface area contributed by atoms with Gasteiger partial charge in [-0.15, -0.1) is 0 Å². The van der Waals surface area contributed by atoms with Crippen LogP contribution in [-0.2, 0) is 0 Å². The van der Waals surface area contributed by atoms with Crippen molar-refractivity contribution in [2.24, 2.45) is 0 Å². The molecule has 4 heterocycles. The molecule has 302 valence electrons. The number of para-hydroxylation sites is 4. The van der Waals surface area contributed by atoms with E-state index in [0.29, 0.717) is 17.6 Å². The van der Waals surface area contributed by atoms with Gasteiger partial charge in [0, 0.05) is 49.6 Å². The van der Waals surface area contributed by atoms with Crippen LogP contribution in [0.2, 0.25) is 19.6 Å². The standard InChI is InChI=1S/C55H42N6OSi/c1-63(2,3)49-30-18-14-26-42(49)53-56-52(36-19-7-4-8-20-36)57-55(58-53)61-45-33-31-39(60-46-28-16-17-29-48(46)62-54(60)37-21-9-5-10-22-37)35-43(45)50-47(61)34-32-41-40-25-13-15-27-44(40)59(51(41)50)38-23-11-6-12-24-38/h4-35,54H,1-3H3. The minimum atomic E-state index is -1.81. The Hall–Kier alpha value is -7.81. The summed E-state index contributed by atoms with van der Waals surface area (Å²) in [5.41, 5.74) is 10.5. The third-order valence-electron chi connectivity index (χ3n) is 12.4. The van der Waals surface area contributed by atoms with Crippen molar-refractivity contribution in [2.45, 2.75) is 25.9 Å². The van der Waals surface area contributed by atoms with Gasteiger partial charge in [-0.05, 0) is 59.8 Å². The molecule has 0 fully saturated rings. The van der Waals surface area contributed by atoms with Crippen molar-refractivity contribution in [3.63, 3.8) is 0 Å².